The molecule has 2 aromatic carbocycles. The molecule has 0 atom stereocenters. The fraction of sp³-hybridized carbons (Fsp3) is 0.0769. The summed E-state index contributed by atoms with van der Waals surface area (Å²) in [5, 5.41) is 33.1. The highest BCUT2D eigenvalue weighted by atomic mass is 35.5. The molecule has 2 rings (SSSR count). The van der Waals surface area contributed by atoms with E-state index in [-0.39, 0.29) is 34.4 Å². The number of anilines is 1. The molecule has 20 heavy (non-hydrogen) atoms. The highest BCUT2D eigenvalue weighted by molar-refractivity contribution is 6.30. The number of nitrogens with one attached hydrogen (secondary N) is 1. The highest BCUT2D eigenvalue weighted by Crippen LogP contribution is 2.31. The van der Waals surface area contributed by atoms with E-state index in [9.17, 15) is 20.3 Å². The highest BCUT2D eigenvalue weighted by Gasteiger charge is 2.14. The number of halogens is 1. The number of aromatic hydroxyl groups is 2. The Hall–Kier alpha value is -2.47. The Morgan fingerprint density at radius 3 is 2.70 bits per heavy atom. The van der Waals surface area contributed by atoms with Crippen LogP contribution in [0.5, 0.6) is 11.5 Å². The second kappa shape index (κ2) is 5.66. The van der Waals surface area contributed by atoms with Gasteiger partial charge >= 0.3 is 0 Å². The number of nitrogens with zero attached hydrogens (tertiary/aromatic N) is 1. The standard InChI is InChI=1S/C13H11ClN2O4/c14-9-4-5-10(11(6-9)16(19)20)15-7-8-2-1-3-12(17)13(8)18/h1-6,15,17-18H,7H2. The molecule has 0 amide bonds. The summed E-state index contributed by atoms with van der Waals surface area (Å²) < 4.78 is 0. The molecule has 0 aliphatic rings. The zero-order valence-electron chi connectivity index (χ0n) is 10.2. The van der Waals surface area contributed by atoms with Gasteiger partial charge in [-0.15, -0.1) is 0 Å². The van der Waals surface area contributed by atoms with Crippen LogP contribution in [0.15, 0.2) is 36.4 Å². The summed E-state index contributed by atoms with van der Waals surface area (Å²) in [6.07, 6.45) is 0. The number of nitro benzene ring substituents is 1. The second-order valence-electron chi connectivity index (χ2n) is 4.06. The van der Waals surface area contributed by atoms with Crippen LogP contribution in [-0.2, 0) is 6.54 Å². The number of hydrogen-bond donors (Lipinski definition) is 3. The second-order valence-corrected chi connectivity index (χ2v) is 4.49. The average Bonchev–Trinajstić information content (AvgIpc) is 2.41. The molecule has 0 saturated carbocycles. The van der Waals surface area contributed by atoms with E-state index in [4.69, 9.17) is 11.6 Å². The summed E-state index contributed by atoms with van der Waals surface area (Å²) in [6.45, 7) is 0.128. The van der Waals surface area contributed by atoms with E-state index < -0.39 is 4.92 Å². The van der Waals surface area contributed by atoms with Gasteiger partial charge < -0.3 is 15.5 Å². The van der Waals surface area contributed by atoms with Crippen molar-refractivity contribution in [1.29, 1.82) is 0 Å². The number of benzene rings is 2. The van der Waals surface area contributed by atoms with Crippen LogP contribution in [0.4, 0.5) is 11.4 Å². The first-order valence-electron chi connectivity index (χ1n) is 5.66. The molecule has 0 spiro atoms. The van der Waals surface area contributed by atoms with Crippen molar-refractivity contribution in [3.05, 3.63) is 57.1 Å². The lowest BCUT2D eigenvalue weighted by Crippen LogP contribution is -2.02. The number of para-hydroxylation sites is 1. The van der Waals surface area contributed by atoms with E-state index in [1.807, 2.05) is 0 Å². The number of phenols is 2. The molecular formula is C13H11ClN2O4. The number of rotatable bonds is 4. The maximum atomic E-state index is 10.9. The van der Waals surface area contributed by atoms with Crippen molar-refractivity contribution in [2.24, 2.45) is 0 Å². The van der Waals surface area contributed by atoms with Crippen molar-refractivity contribution < 1.29 is 15.1 Å². The molecule has 6 nitrogen and oxygen atoms in total. The van der Waals surface area contributed by atoms with Crippen LogP contribution in [-0.4, -0.2) is 15.1 Å². The fourth-order valence-corrected chi connectivity index (χ4v) is 1.88. The van der Waals surface area contributed by atoms with Gasteiger partial charge in [-0.05, 0) is 18.2 Å². The lowest BCUT2D eigenvalue weighted by molar-refractivity contribution is -0.383. The number of hydrogen-bond acceptors (Lipinski definition) is 5. The minimum atomic E-state index is -0.545. The fourth-order valence-electron chi connectivity index (χ4n) is 1.72. The SMILES string of the molecule is O=[N+]([O-])c1cc(Cl)ccc1NCc1cccc(O)c1O. The normalized spacial score (nSPS) is 10.2. The molecule has 0 saturated heterocycles. The van der Waals surface area contributed by atoms with Crippen molar-refractivity contribution >= 4 is 23.0 Å². The van der Waals surface area contributed by atoms with Crippen LogP contribution in [0.25, 0.3) is 0 Å². The molecule has 0 radical (unpaired) electrons. The van der Waals surface area contributed by atoms with Gasteiger partial charge in [0.05, 0.1) is 4.92 Å². The molecule has 3 N–H and O–H groups in total. The van der Waals surface area contributed by atoms with Crippen molar-refractivity contribution in [3.63, 3.8) is 0 Å². The van der Waals surface area contributed by atoms with Crippen molar-refractivity contribution in [3.8, 4) is 11.5 Å². The van der Waals surface area contributed by atoms with Crippen molar-refractivity contribution in [2.45, 2.75) is 6.54 Å². The van der Waals surface area contributed by atoms with Gasteiger partial charge in [-0.1, -0.05) is 23.7 Å². The van der Waals surface area contributed by atoms with Gasteiger partial charge in [0, 0.05) is 23.2 Å². The molecule has 0 aromatic heterocycles. The smallest absolute Gasteiger partial charge is 0.293 e. The summed E-state index contributed by atoms with van der Waals surface area (Å²) in [5.74, 6) is -0.494. The Morgan fingerprint density at radius 2 is 2.00 bits per heavy atom. The number of phenolic OH excluding ortho intramolecular Hbond substituents is 2. The third-order valence-corrected chi connectivity index (χ3v) is 2.96. The lowest BCUT2D eigenvalue weighted by Gasteiger charge is -2.09. The van der Waals surface area contributed by atoms with Gasteiger partial charge in [-0.3, -0.25) is 10.1 Å². The zero-order chi connectivity index (χ0) is 14.7. The first-order valence-corrected chi connectivity index (χ1v) is 6.04. The topological polar surface area (TPSA) is 95.6 Å². The molecule has 7 heteroatoms. The van der Waals surface area contributed by atoms with E-state index in [0.29, 0.717) is 5.56 Å². The number of nitro groups is 1. The summed E-state index contributed by atoms with van der Waals surface area (Å²) in [6, 6.07) is 8.78. The van der Waals surface area contributed by atoms with E-state index in [2.05, 4.69) is 5.32 Å². The van der Waals surface area contributed by atoms with Crippen molar-refractivity contribution in [1.82, 2.24) is 0 Å². The van der Waals surface area contributed by atoms with Gasteiger partial charge in [0.15, 0.2) is 11.5 Å². The van der Waals surface area contributed by atoms with E-state index in [1.165, 1.54) is 24.3 Å². The van der Waals surface area contributed by atoms with Crippen molar-refractivity contribution in [2.75, 3.05) is 5.32 Å². The molecule has 0 unspecified atom stereocenters. The van der Waals surface area contributed by atoms with Gasteiger partial charge in [0.1, 0.15) is 5.69 Å². The van der Waals surface area contributed by atoms with Crippen LogP contribution >= 0.6 is 11.6 Å². The minimum Gasteiger partial charge on any atom is -0.504 e. The Bertz CT molecular complexity index is 661. The van der Waals surface area contributed by atoms with Crippen LogP contribution in [0, 0.1) is 10.1 Å². The third-order valence-electron chi connectivity index (χ3n) is 2.72. The van der Waals surface area contributed by atoms with Crippen LogP contribution in [0.2, 0.25) is 5.02 Å². The van der Waals surface area contributed by atoms with E-state index in [1.54, 1.807) is 12.1 Å². The molecule has 0 fully saturated rings. The quantitative estimate of drug-likeness (QED) is 0.457. The predicted octanol–water partition coefficient (Wildman–Crippen LogP) is 3.27. The third kappa shape index (κ3) is 2.92. The maximum Gasteiger partial charge on any atom is 0.293 e. The van der Waals surface area contributed by atoms with Gasteiger partial charge in [-0.25, -0.2) is 0 Å². The van der Waals surface area contributed by atoms with E-state index >= 15 is 0 Å². The van der Waals surface area contributed by atoms with Crippen LogP contribution in [0.1, 0.15) is 5.56 Å². The Morgan fingerprint density at radius 1 is 1.25 bits per heavy atom. The summed E-state index contributed by atoms with van der Waals surface area (Å²) in [4.78, 5) is 10.4. The first-order chi connectivity index (χ1) is 9.49. The Kier molecular flexibility index (Phi) is 3.95. The Labute approximate surface area is 119 Å². The molecular weight excluding hydrogens is 284 g/mol. The molecule has 0 aliphatic carbocycles. The molecule has 0 heterocycles. The molecule has 2 aromatic rings. The predicted molar refractivity (Wildman–Crippen MR) is 75.2 cm³/mol. The minimum absolute atomic E-state index is 0.128. The molecule has 104 valence electrons. The van der Waals surface area contributed by atoms with E-state index in [0.717, 1.165) is 0 Å². The maximum absolute atomic E-state index is 10.9. The van der Waals surface area contributed by atoms with Gasteiger partial charge in [-0.2, -0.15) is 0 Å². The average molecular weight is 295 g/mol. The Balaban J connectivity index is 2.23. The summed E-state index contributed by atoms with van der Waals surface area (Å²) >= 11 is 5.72. The van der Waals surface area contributed by atoms with Gasteiger partial charge in [0.25, 0.3) is 5.69 Å². The summed E-state index contributed by atoms with van der Waals surface area (Å²) in [5.41, 5.74) is 0.550. The van der Waals surface area contributed by atoms with Gasteiger partial charge in [0.2, 0.25) is 0 Å². The van der Waals surface area contributed by atoms with Crippen LogP contribution in [0.3, 0.4) is 0 Å². The lowest BCUT2D eigenvalue weighted by atomic mass is 10.1. The first kappa shape index (κ1) is 14.0. The van der Waals surface area contributed by atoms with Crippen LogP contribution < -0.4 is 5.32 Å². The monoisotopic (exact) mass is 294 g/mol. The molecule has 0 bridgehead atoms. The molecule has 0 aliphatic heterocycles. The zero-order valence-corrected chi connectivity index (χ0v) is 11.0. The largest absolute Gasteiger partial charge is 0.504 e. The summed E-state index contributed by atoms with van der Waals surface area (Å²) in [7, 11) is 0.